The second kappa shape index (κ2) is 57.3. The minimum atomic E-state index is -0.859. The van der Waals surface area contributed by atoms with Gasteiger partial charge in [-0.15, -0.1) is 0 Å². The lowest BCUT2D eigenvalue weighted by Gasteiger charge is -2.18. The van der Waals surface area contributed by atoms with Gasteiger partial charge in [0, 0.05) is 19.3 Å². The van der Waals surface area contributed by atoms with Crippen LogP contribution in [0.2, 0.25) is 0 Å². The molecule has 0 N–H and O–H groups in total. The molecule has 0 aliphatic carbocycles. The van der Waals surface area contributed by atoms with Crippen molar-refractivity contribution in [2.45, 2.75) is 207 Å². The highest BCUT2D eigenvalue weighted by Gasteiger charge is 2.19. The van der Waals surface area contributed by atoms with Crippen LogP contribution >= 0.6 is 0 Å². The highest BCUT2D eigenvalue weighted by atomic mass is 16.6. The highest BCUT2D eigenvalue weighted by molar-refractivity contribution is 5.71. The van der Waals surface area contributed by atoms with Gasteiger partial charge in [-0.2, -0.15) is 0 Å². The third kappa shape index (κ3) is 55.6. The van der Waals surface area contributed by atoms with Gasteiger partial charge < -0.3 is 14.2 Å². The minimum absolute atomic E-state index is 0.158. The molecular weight excluding hydrogens is 877 g/mol. The Balaban J connectivity index is 4.68. The lowest BCUT2D eigenvalue weighted by Crippen LogP contribution is -2.30. The average molecular weight is 975 g/mol. The first-order chi connectivity index (χ1) is 35.0. The summed E-state index contributed by atoms with van der Waals surface area (Å²) < 4.78 is 16.7. The predicted molar refractivity (Wildman–Crippen MR) is 306 cm³/mol. The number of carbonyl (C=O) groups is 3. The topological polar surface area (TPSA) is 78.9 Å². The van der Waals surface area contributed by atoms with E-state index in [2.05, 4.69) is 167 Å². The molecule has 0 fully saturated rings. The maximum atomic E-state index is 12.8. The Morgan fingerprint density at radius 1 is 0.310 bits per heavy atom. The zero-order valence-corrected chi connectivity index (χ0v) is 44.9. The molecule has 0 aromatic heterocycles. The Kier molecular flexibility index (Phi) is 53.1. The van der Waals surface area contributed by atoms with Crippen LogP contribution in [0.25, 0.3) is 0 Å². The van der Waals surface area contributed by atoms with Crippen molar-refractivity contribution in [3.05, 3.63) is 170 Å². The van der Waals surface area contributed by atoms with E-state index >= 15 is 0 Å². The van der Waals surface area contributed by atoms with Crippen molar-refractivity contribution in [1.29, 1.82) is 0 Å². The first-order valence-electron chi connectivity index (χ1n) is 27.7. The molecule has 0 aromatic carbocycles. The molecule has 1 atom stereocenters. The average Bonchev–Trinajstić information content (AvgIpc) is 3.37. The van der Waals surface area contributed by atoms with Gasteiger partial charge in [-0.3, -0.25) is 14.4 Å². The summed E-state index contributed by atoms with van der Waals surface area (Å²) in [6.07, 6.45) is 85.0. The maximum absolute atomic E-state index is 12.8. The van der Waals surface area contributed by atoms with Gasteiger partial charge in [-0.1, -0.05) is 236 Å². The Morgan fingerprint density at radius 2 is 0.634 bits per heavy atom. The normalized spacial score (nSPS) is 13.5. The van der Waals surface area contributed by atoms with Crippen molar-refractivity contribution in [2.24, 2.45) is 0 Å². The zero-order valence-electron chi connectivity index (χ0n) is 44.9. The number of allylic oxidation sites excluding steroid dienone is 28. The highest BCUT2D eigenvalue weighted by Crippen LogP contribution is 2.11. The maximum Gasteiger partial charge on any atom is 0.306 e. The van der Waals surface area contributed by atoms with Crippen molar-refractivity contribution in [2.75, 3.05) is 13.2 Å². The molecule has 0 spiro atoms. The lowest BCUT2D eigenvalue weighted by molar-refractivity contribution is -0.166. The van der Waals surface area contributed by atoms with Gasteiger partial charge in [-0.05, 0) is 116 Å². The Morgan fingerprint density at radius 3 is 1.00 bits per heavy atom. The van der Waals surface area contributed by atoms with Crippen LogP contribution in [0.15, 0.2) is 170 Å². The molecule has 0 aliphatic rings. The summed E-state index contributed by atoms with van der Waals surface area (Å²) in [4.78, 5) is 38.1. The van der Waals surface area contributed by atoms with Gasteiger partial charge in [0.2, 0.25) is 0 Å². The second-order valence-corrected chi connectivity index (χ2v) is 17.4. The monoisotopic (exact) mass is 975 g/mol. The number of esters is 3. The van der Waals surface area contributed by atoms with Crippen LogP contribution in [0.4, 0.5) is 0 Å². The molecule has 0 aromatic rings. The molecular formula is C65H98O6. The van der Waals surface area contributed by atoms with E-state index in [4.69, 9.17) is 14.2 Å². The standard InChI is InChI=1S/C65H98O6/c1-4-7-10-13-16-19-22-25-28-31-33-35-37-40-43-46-49-52-55-58-64(67)70-61-62(60-69-63(66)57-54-51-48-45-42-39-36-30-27-24-21-18-15-12-9-6-3)71-65(68)59-56-53-50-47-44-41-38-34-32-29-26-23-20-17-14-11-8-5-2/h7,9-10,12,16,18-19,21,23,25-30,32-35,38-40,42-43,48-49,51-52,62H,4-6,8,11,13-15,17,20,22,24,31,36-37,41,44-47,50,53-61H2,1-3H3/b10-7-,12-9-,19-16-,21-18-,26-23-,28-25-,30-27-,32-29-,35-33-,38-34-,42-39-,43-40-,51-48-,52-49-. The number of hydrogen-bond acceptors (Lipinski definition) is 6. The van der Waals surface area contributed by atoms with Crippen molar-refractivity contribution >= 4 is 17.9 Å². The largest absolute Gasteiger partial charge is 0.462 e. The third-order valence-electron chi connectivity index (χ3n) is 10.8. The molecule has 6 nitrogen and oxygen atoms in total. The summed E-state index contributed by atoms with van der Waals surface area (Å²) in [5.74, 6) is -1.15. The fraction of sp³-hybridized carbons (Fsp3) is 0.523. The number of rotatable bonds is 47. The first kappa shape index (κ1) is 65.8. The fourth-order valence-electron chi connectivity index (χ4n) is 6.69. The minimum Gasteiger partial charge on any atom is -0.462 e. The summed E-state index contributed by atoms with van der Waals surface area (Å²) in [5, 5.41) is 0. The molecule has 0 rings (SSSR count). The van der Waals surface area contributed by atoms with Gasteiger partial charge in [-0.25, -0.2) is 0 Å². The Bertz CT molecular complexity index is 1690. The lowest BCUT2D eigenvalue weighted by atomic mass is 10.1. The molecule has 0 bridgehead atoms. The SMILES string of the molecule is CC/C=C\C/C=C\C/C=C\C/C=C\C/C=C\C/C=C\CCC(=O)OCC(COC(=O)CC/C=C\C/C=C\C/C=C\C/C=C\C/C=C\CC)OC(=O)CCCCCCC\C=C/C=C\C=C/CCCCCCC. The molecule has 0 saturated heterocycles. The second-order valence-electron chi connectivity index (χ2n) is 17.4. The van der Waals surface area contributed by atoms with Crippen LogP contribution in [0, 0.1) is 0 Å². The van der Waals surface area contributed by atoms with E-state index < -0.39 is 6.10 Å². The van der Waals surface area contributed by atoms with Crippen molar-refractivity contribution in [3.63, 3.8) is 0 Å². The third-order valence-corrected chi connectivity index (χ3v) is 10.8. The van der Waals surface area contributed by atoms with E-state index in [0.717, 1.165) is 109 Å². The van der Waals surface area contributed by atoms with E-state index in [1.54, 1.807) is 0 Å². The van der Waals surface area contributed by atoms with Gasteiger partial charge in [0.25, 0.3) is 0 Å². The quantitative estimate of drug-likeness (QED) is 0.0199. The molecule has 6 heteroatoms. The van der Waals surface area contributed by atoms with Crippen LogP contribution in [0.5, 0.6) is 0 Å². The van der Waals surface area contributed by atoms with Crippen molar-refractivity contribution < 1.29 is 28.6 Å². The summed E-state index contributed by atoms with van der Waals surface area (Å²) >= 11 is 0. The van der Waals surface area contributed by atoms with Gasteiger partial charge in [0.1, 0.15) is 13.2 Å². The van der Waals surface area contributed by atoms with Gasteiger partial charge >= 0.3 is 17.9 Å². The molecule has 1 unspecified atom stereocenters. The molecule has 0 aliphatic heterocycles. The molecule has 71 heavy (non-hydrogen) atoms. The number of carbonyl (C=O) groups excluding carboxylic acids is 3. The Labute approximate surface area is 434 Å². The summed E-state index contributed by atoms with van der Waals surface area (Å²) in [5.41, 5.74) is 0. The number of hydrogen-bond donors (Lipinski definition) is 0. The molecule has 394 valence electrons. The van der Waals surface area contributed by atoms with Gasteiger partial charge in [0.15, 0.2) is 6.10 Å². The van der Waals surface area contributed by atoms with Crippen LogP contribution in [-0.2, 0) is 28.6 Å². The Hall–Kier alpha value is -5.23. The van der Waals surface area contributed by atoms with E-state index in [1.165, 1.54) is 32.1 Å². The zero-order chi connectivity index (χ0) is 51.4. The number of ether oxygens (including phenoxy) is 3. The van der Waals surface area contributed by atoms with Crippen LogP contribution in [0.3, 0.4) is 0 Å². The predicted octanol–water partition coefficient (Wildman–Crippen LogP) is 18.8. The fourth-order valence-corrected chi connectivity index (χ4v) is 6.69. The molecule has 0 saturated carbocycles. The van der Waals surface area contributed by atoms with Crippen LogP contribution in [-0.4, -0.2) is 37.2 Å². The van der Waals surface area contributed by atoms with Crippen molar-refractivity contribution in [1.82, 2.24) is 0 Å². The van der Waals surface area contributed by atoms with E-state index in [9.17, 15) is 14.4 Å². The van der Waals surface area contributed by atoms with Crippen LogP contribution in [0.1, 0.15) is 201 Å². The molecule has 0 amide bonds. The van der Waals surface area contributed by atoms with Crippen molar-refractivity contribution in [3.8, 4) is 0 Å². The van der Waals surface area contributed by atoms with Crippen LogP contribution < -0.4 is 0 Å². The smallest absolute Gasteiger partial charge is 0.306 e. The first-order valence-corrected chi connectivity index (χ1v) is 27.7. The summed E-state index contributed by atoms with van der Waals surface area (Å²) in [6, 6.07) is 0. The van der Waals surface area contributed by atoms with E-state index in [1.807, 2.05) is 24.3 Å². The summed E-state index contributed by atoms with van der Waals surface area (Å²) in [7, 11) is 0. The molecule has 0 heterocycles. The van der Waals surface area contributed by atoms with E-state index in [0.29, 0.717) is 19.3 Å². The van der Waals surface area contributed by atoms with E-state index in [-0.39, 0.29) is 50.4 Å². The molecule has 0 radical (unpaired) electrons. The van der Waals surface area contributed by atoms with Gasteiger partial charge in [0.05, 0.1) is 0 Å². The number of unbranched alkanes of at least 4 members (excludes halogenated alkanes) is 10. The summed E-state index contributed by atoms with van der Waals surface area (Å²) in [6.45, 7) is 6.22.